The second kappa shape index (κ2) is 7.77. The van der Waals surface area contributed by atoms with E-state index in [0.29, 0.717) is 34.4 Å². The lowest BCUT2D eigenvalue weighted by Crippen LogP contribution is -2.25. The first-order valence-corrected chi connectivity index (χ1v) is 11.2. The lowest BCUT2D eigenvalue weighted by Gasteiger charge is -2.10. The second-order valence-electron chi connectivity index (χ2n) is 7.83. The number of ether oxygens (including phenoxy) is 2. The average molecular weight is 541 g/mol. The molecule has 8 nitrogen and oxygen atoms in total. The van der Waals surface area contributed by atoms with Crippen LogP contribution in [0.1, 0.15) is 5.89 Å². The van der Waals surface area contributed by atoms with E-state index in [1.165, 1.54) is 18.5 Å². The van der Waals surface area contributed by atoms with Gasteiger partial charge in [0.15, 0.2) is 35.3 Å². The number of nitrogens with zero attached hydrogens (tertiary/aromatic N) is 4. The van der Waals surface area contributed by atoms with Gasteiger partial charge in [-0.05, 0) is 36.4 Å². The van der Waals surface area contributed by atoms with Crippen LogP contribution in [0.2, 0.25) is 0 Å². The molecule has 4 heterocycles. The SMILES string of the molecule is Cc1nc(-c2ccc3c(c2)OC(F)(F)O3)c(-c2cc(Br)ccc2-c2cc(-c3cnco3)nn2C)o1. The Bertz CT molecular complexity index is 1580. The van der Waals surface area contributed by atoms with Gasteiger partial charge in [0, 0.05) is 35.1 Å². The summed E-state index contributed by atoms with van der Waals surface area (Å²) in [6.45, 7) is 1.72. The fourth-order valence-corrected chi connectivity index (χ4v) is 4.37. The number of rotatable bonds is 4. The molecule has 0 radical (unpaired) electrons. The maximum absolute atomic E-state index is 13.5. The zero-order valence-corrected chi connectivity index (χ0v) is 19.8. The molecule has 6 rings (SSSR count). The molecule has 0 atom stereocenters. The maximum atomic E-state index is 13.5. The lowest BCUT2D eigenvalue weighted by atomic mass is 9.98. The third kappa shape index (κ3) is 3.77. The molecule has 35 heavy (non-hydrogen) atoms. The van der Waals surface area contributed by atoms with Crippen LogP contribution < -0.4 is 9.47 Å². The summed E-state index contributed by atoms with van der Waals surface area (Å²) in [6, 6.07) is 12.1. The van der Waals surface area contributed by atoms with Crippen LogP contribution in [0.15, 0.2) is 68.4 Å². The van der Waals surface area contributed by atoms with Crippen molar-refractivity contribution < 1.29 is 27.1 Å². The Kier molecular flexibility index (Phi) is 4.78. The van der Waals surface area contributed by atoms with Gasteiger partial charge in [-0.25, -0.2) is 9.97 Å². The first-order valence-electron chi connectivity index (χ1n) is 10.4. The highest BCUT2D eigenvalue weighted by Gasteiger charge is 2.43. The molecule has 0 saturated carbocycles. The van der Waals surface area contributed by atoms with E-state index in [9.17, 15) is 8.78 Å². The van der Waals surface area contributed by atoms with Crippen LogP contribution in [0.3, 0.4) is 0 Å². The third-order valence-electron chi connectivity index (χ3n) is 5.48. The number of aryl methyl sites for hydroxylation is 2. The van der Waals surface area contributed by atoms with Gasteiger partial charge in [-0.15, -0.1) is 8.78 Å². The van der Waals surface area contributed by atoms with Crippen molar-refractivity contribution in [3.63, 3.8) is 0 Å². The van der Waals surface area contributed by atoms with Crippen LogP contribution in [0.5, 0.6) is 11.5 Å². The highest BCUT2D eigenvalue weighted by Crippen LogP contribution is 2.45. The van der Waals surface area contributed by atoms with Crippen molar-refractivity contribution in [1.82, 2.24) is 19.7 Å². The summed E-state index contributed by atoms with van der Waals surface area (Å²) >= 11 is 3.53. The standard InChI is InChI=1S/C24H15BrF2N4O4/c1-12-29-22(13-3-6-19-20(7-13)35-24(26,27)34-19)23(33-12)16-8-14(25)4-5-15(16)18-9-17(30-31(18)2)21-10-28-11-32-21/h3-11H,1-2H3. The van der Waals surface area contributed by atoms with Crippen molar-refractivity contribution >= 4 is 15.9 Å². The number of halogens is 3. The van der Waals surface area contributed by atoms with Crippen LogP contribution in [-0.2, 0) is 7.05 Å². The average Bonchev–Trinajstić information content (AvgIpc) is 3.58. The predicted molar refractivity (Wildman–Crippen MR) is 124 cm³/mol. The molecule has 0 aliphatic carbocycles. The first kappa shape index (κ1) is 21.5. The number of alkyl halides is 2. The minimum absolute atomic E-state index is 0.0431. The highest BCUT2D eigenvalue weighted by molar-refractivity contribution is 9.10. The summed E-state index contributed by atoms with van der Waals surface area (Å²) in [5, 5.41) is 4.55. The van der Waals surface area contributed by atoms with Crippen molar-refractivity contribution in [2.75, 3.05) is 0 Å². The maximum Gasteiger partial charge on any atom is 0.586 e. The number of aromatic nitrogens is 4. The summed E-state index contributed by atoms with van der Waals surface area (Å²) in [6.07, 6.45) is -0.767. The van der Waals surface area contributed by atoms with Gasteiger partial charge in [0.1, 0.15) is 11.4 Å². The number of hydrogen-bond donors (Lipinski definition) is 0. The Morgan fingerprint density at radius 3 is 2.63 bits per heavy atom. The third-order valence-corrected chi connectivity index (χ3v) is 5.97. The van der Waals surface area contributed by atoms with E-state index >= 15 is 0 Å². The van der Waals surface area contributed by atoms with Gasteiger partial charge < -0.3 is 18.3 Å². The van der Waals surface area contributed by atoms with E-state index in [0.717, 1.165) is 21.3 Å². The second-order valence-corrected chi connectivity index (χ2v) is 8.75. The Hall–Kier alpha value is -3.99. The van der Waals surface area contributed by atoms with Crippen molar-refractivity contribution in [1.29, 1.82) is 0 Å². The lowest BCUT2D eigenvalue weighted by molar-refractivity contribution is -0.286. The normalized spacial score (nSPS) is 14.0. The minimum Gasteiger partial charge on any atom is -0.442 e. The highest BCUT2D eigenvalue weighted by atomic mass is 79.9. The molecule has 1 aliphatic rings. The van der Waals surface area contributed by atoms with Gasteiger partial charge in [-0.2, -0.15) is 5.10 Å². The van der Waals surface area contributed by atoms with Crippen molar-refractivity contribution in [3.8, 4) is 56.8 Å². The molecule has 0 saturated heterocycles. The van der Waals surface area contributed by atoms with Crippen LogP contribution in [0.25, 0.3) is 45.3 Å². The molecule has 0 amide bonds. The molecule has 5 aromatic rings. The summed E-state index contributed by atoms with van der Waals surface area (Å²) in [5.74, 6) is 1.30. The van der Waals surface area contributed by atoms with E-state index in [1.54, 1.807) is 23.9 Å². The zero-order chi connectivity index (χ0) is 24.3. The van der Waals surface area contributed by atoms with Gasteiger partial charge in [-0.1, -0.05) is 22.0 Å². The van der Waals surface area contributed by atoms with E-state index in [-0.39, 0.29) is 11.5 Å². The molecule has 0 unspecified atom stereocenters. The Labute approximate surface area is 205 Å². The monoisotopic (exact) mass is 540 g/mol. The predicted octanol–water partition coefficient (Wildman–Crippen LogP) is 6.46. The van der Waals surface area contributed by atoms with Crippen molar-refractivity contribution in [2.45, 2.75) is 13.2 Å². The molecular formula is C24H15BrF2N4O4. The summed E-state index contributed by atoms with van der Waals surface area (Å²) in [5.41, 5.74) is 3.98. The van der Waals surface area contributed by atoms with Gasteiger partial charge >= 0.3 is 6.29 Å². The molecule has 3 aromatic heterocycles. The summed E-state index contributed by atoms with van der Waals surface area (Å²) in [4.78, 5) is 8.50. The fraction of sp³-hybridized carbons (Fsp3) is 0.125. The van der Waals surface area contributed by atoms with E-state index in [2.05, 4.69) is 40.5 Å². The van der Waals surface area contributed by atoms with Crippen molar-refractivity contribution in [2.24, 2.45) is 7.05 Å². The summed E-state index contributed by atoms with van der Waals surface area (Å²) in [7, 11) is 1.82. The molecule has 0 N–H and O–H groups in total. The number of hydrogen-bond acceptors (Lipinski definition) is 7. The molecular weight excluding hydrogens is 526 g/mol. The molecule has 1 aliphatic heterocycles. The smallest absolute Gasteiger partial charge is 0.442 e. The quantitative estimate of drug-likeness (QED) is 0.258. The van der Waals surface area contributed by atoms with E-state index in [1.807, 2.05) is 31.3 Å². The molecule has 0 fully saturated rings. The van der Waals surface area contributed by atoms with Crippen molar-refractivity contribution in [3.05, 3.63) is 65.4 Å². The molecule has 0 spiro atoms. The summed E-state index contributed by atoms with van der Waals surface area (Å²) < 4.78 is 50.2. The topological polar surface area (TPSA) is 88.3 Å². The van der Waals surface area contributed by atoms with Crippen LogP contribution >= 0.6 is 15.9 Å². The molecule has 2 aromatic carbocycles. The Morgan fingerprint density at radius 1 is 1.00 bits per heavy atom. The Morgan fingerprint density at radius 2 is 1.83 bits per heavy atom. The number of oxazole rings is 2. The van der Waals surface area contributed by atoms with Gasteiger partial charge in [0.25, 0.3) is 0 Å². The van der Waals surface area contributed by atoms with Crippen LogP contribution in [-0.4, -0.2) is 26.0 Å². The largest absolute Gasteiger partial charge is 0.586 e. The molecule has 11 heteroatoms. The van der Waals surface area contributed by atoms with Gasteiger partial charge in [0.2, 0.25) is 0 Å². The van der Waals surface area contributed by atoms with Gasteiger partial charge in [-0.3, -0.25) is 4.68 Å². The Balaban J connectivity index is 1.50. The van der Waals surface area contributed by atoms with E-state index < -0.39 is 6.29 Å². The number of benzene rings is 2. The number of fused-ring (bicyclic) bond motifs is 1. The molecule has 176 valence electrons. The van der Waals surface area contributed by atoms with Crippen LogP contribution in [0.4, 0.5) is 8.78 Å². The van der Waals surface area contributed by atoms with Crippen LogP contribution in [0, 0.1) is 6.92 Å². The fourth-order valence-electron chi connectivity index (χ4n) is 4.01. The van der Waals surface area contributed by atoms with E-state index in [4.69, 9.17) is 8.83 Å². The zero-order valence-electron chi connectivity index (χ0n) is 18.3. The van der Waals surface area contributed by atoms with Gasteiger partial charge in [0.05, 0.1) is 11.9 Å². The first-order chi connectivity index (χ1) is 16.8. The minimum atomic E-state index is -3.71. The molecule has 0 bridgehead atoms.